The van der Waals surface area contributed by atoms with Gasteiger partial charge in [-0.3, -0.25) is 19.3 Å². The highest BCUT2D eigenvalue weighted by Gasteiger charge is 2.35. The summed E-state index contributed by atoms with van der Waals surface area (Å²) >= 11 is 0. The zero-order valence-corrected chi connectivity index (χ0v) is 14.2. The van der Waals surface area contributed by atoms with Gasteiger partial charge in [-0.2, -0.15) is 0 Å². The highest BCUT2D eigenvalue weighted by Crippen LogP contribution is 2.24. The zero-order valence-electron chi connectivity index (χ0n) is 14.2. The van der Waals surface area contributed by atoms with Gasteiger partial charge in [-0.15, -0.1) is 0 Å². The fourth-order valence-electron chi connectivity index (χ4n) is 2.74. The lowest BCUT2D eigenvalue weighted by atomic mass is 10.1. The van der Waals surface area contributed by atoms with Crippen LogP contribution in [0.3, 0.4) is 0 Å². The maximum absolute atomic E-state index is 12.5. The lowest BCUT2D eigenvalue weighted by molar-refractivity contribution is 0.0652. The molecule has 0 saturated carbocycles. The molecule has 1 aliphatic heterocycles. The van der Waals surface area contributed by atoms with Gasteiger partial charge in [0.05, 0.1) is 11.1 Å². The van der Waals surface area contributed by atoms with Crippen molar-refractivity contribution in [1.29, 1.82) is 0 Å². The Balaban J connectivity index is 1.83. The maximum Gasteiger partial charge on any atom is 0.261 e. The average molecular weight is 337 g/mol. The number of amides is 3. The largest absolute Gasteiger partial charge is 0.307 e. The molecule has 0 radical (unpaired) electrons. The Labute approximate surface area is 145 Å². The summed E-state index contributed by atoms with van der Waals surface area (Å²) in [7, 11) is 0. The van der Waals surface area contributed by atoms with E-state index in [1.807, 2.05) is 19.9 Å². The summed E-state index contributed by atoms with van der Waals surface area (Å²) in [4.78, 5) is 42.5. The first kappa shape index (κ1) is 16.8. The Hall–Kier alpha value is -3.02. The Kier molecular flexibility index (Phi) is 4.61. The van der Waals surface area contributed by atoms with Crippen molar-refractivity contribution in [3.05, 3.63) is 58.8 Å². The van der Waals surface area contributed by atoms with Crippen molar-refractivity contribution >= 4 is 23.5 Å². The SMILES string of the molecule is CCCCN1C(=O)c2ccc(C(=O)Nc3cc(C)ccn3)cc2C1=O. The number of rotatable bonds is 5. The summed E-state index contributed by atoms with van der Waals surface area (Å²) in [5, 5.41) is 2.70. The molecule has 1 aliphatic rings. The predicted octanol–water partition coefficient (Wildman–Crippen LogP) is 3.04. The molecule has 1 aromatic heterocycles. The minimum atomic E-state index is -0.367. The average Bonchev–Trinajstić information content (AvgIpc) is 2.83. The zero-order chi connectivity index (χ0) is 18.0. The molecule has 0 aliphatic carbocycles. The van der Waals surface area contributed by atoms with Gasteiger partial charge in [-0.05, 0) is 49.2 Å². The van der Waals surface area contributed by atoms with E-state index in [4.69, 9.17) is 0 Å². The second-order valence-corrected chi connectivity index (χ2v) is 6.05. The Morgan fingerprint density at radius 3 is 2.60 bits per heavy atom. The van der Waals surface area contributed by atoms with Crippen molar-refractivity contribution in [2.24, 2.45) is 0 Å². The molecule has 2 aromatic rings. The molecule has 0 atom stereocenters. The normalized spacial score (nSPS) is 13.1. The second-order valence-electron chi connectivity index (χ2n) is 6.05. The second kappa shape index (κ2) is 6.84. The van der Waals surface area contributed by atoms with Gasteiger partial charge in [-0.1, -0.05) is 13.3 Å². The van der Waals surface area contributed by atoms with Crippen LogP contribution in [0.5, 0.6) is 0 Å². The number of benzene rings is 1. The minimum absolute atomic E-state index is 0.283. The van der Waals surface area contributed by atoms with E-state index < -0.39 is 0 Å². The monoisotopic (exact) mass is 337 g/mol. The molecule has 0 spiro atoms. The van der Waals surface area contributed by atoms with Gasteiger partial charge in [0.1, 0.15) is 5.82 Å². The summed E-state index contributed by atoms with van der Waals surface area (Å²) in [6, 6.07) is 8.16. The van der Waals surface area contributed by atoms with E-state index in [-0.39, 0.29) is 23.3 Å². The molecular formula is C19H19N3O3. The number of carbonyl (C=O) groups is 3. The van der Waals surface area contributed by atoms with Crippen LogP contribution in [0, 0.1) is 6.92 Å². The summed E-state index contributed by atoms with van der Waals surface area (Å²) in [5.74, 6) is -0.553. The summed E-state index contributed by atoms with van der Waals surface area (Å²) in [6.45, 7) is 4.30. The number of unbranched alkanes of at least 4 members (excludes halogenated alkanes) is 1. The molecule has 6 heteroatoms. The number of aryl methyl sites for hydroxylation is 1. The lowest BCUT2D eigenvalue weighted by Gasteiger charge is -2.12. The number of nitrogens with one attached hydrogen (secondary N) is 1. The van der Waals surface area contributed by atoms with Gasteiger partial charge >= 0.3 is 0 Å². The third kappa shape index (κ3) is 3.28. The highest BCUT2D eigenvalue weighted by molar-refractivity contribution is 6.22. The van der Waals surface area contributed by atoms with Crippen LogP contribution in [0.4, 0.5) is 5.82 Å². The molecule has 0 saturated heterocycles. The molecule has 0 fully saturated rings. The highest BCUT2D eigenvalue weighted by atomic mass is 16.2. The molecule has 1 N–H and O–H groups in total. The Bertz CT molecular complexity index is 861. The summed E-state index contributed by atoms with van der Waals surface area (Å²) < 4.78 is 0. The fraction of sp³-hybridized carbons (Fsp3) is 0.263. The number of carbonyl (C=O) groups excluding carboxylic acids is 3. The van der Waals surface area contributed by atoms with E-state index in [1.54, 1.807) is 24.4 Å². The first-order valence-corrected chi connectivity index (χ1v) is 8.25. The van der Waals surface area contributed by atoms with Crippen LogP contribution in [0.15, 0.2) is 36.5 Å². The van der Waals surface area contributed by atoms with Gasteiger partial charge in [0.2, 0.25) is 0 Å². The number of imide groups is 1. The maximum atomic E-state index is 12.5. The van der Waals surface area contributed by atoms with Crippen molar-refractivity contribution in [1.82, 2.24) is 9.88 Å². The van der Waals surface area contributed by atoms with Gasteiger partial charge in [0.15, 0.2) is 0 Å². The van der Waals surface area contributed by atoms with E-state index >= 15 is 0 Å². The van der Waals surface area contributed by atoms with Crippen LogP contribution in [0.2, 0.25) is 0 Å². The number of anilines is 1. The van der Waals surface area contributed by atoms with Crippen LogP contribution >= 0.6 is 0 Å². The molecule has 0 bridgehead atoms. The predicted molar refractivity (Wildman–Crippen MR) is 93.6 cm³/mol. The van der Waals surface area contributed by atoms with E-state index in [1.165, 1.54) is 11.0 Å². The first-order chi connectivity index (χ1) is 12.0. The number of nitrogens with zero attached hydrogens (tertiary/aromatic N) is 2. The summed E-state index contributed by atoms with van der Waals surface area (Å²) in [5.41, 5.74) is 1.93. The van der Waals surface area contributed by atoms with Crippen molar-refractivity contribution < 1.29 is 14.4 Å². The van der Waals surface area contributed by atoms with Gasteiger partial charge < -0.3 is 5.32 Å². The molecule has 3 rings (SSSR count). The molecule has 6 nitrogen and oxygen atoms in total. The van der Waals surface area contributed by atoms with Crippen LogP contribution in [0.25, 0.3) is 0 Å². The molecule has 2 heterocycles. The topological polar surface area (TPSA) is 79.4 Å². The number of hydrogen-bond acceptors (Lipinski definition) is 4. The smallest absolute Gasteiger partial charge is 0.261 e. The number of pyridine rings is 1. The van der Waals surface area contributed by atoms with Crippen molar-refractivity contribution in [3.8, 4) is 0 Å². The van der Waals surface area contributed by atoms with Crippen molar-refractivity contribution in [2.45, 2.75) is 26.7 Å². The Morgan fingerprint density at radius 1 is 1.12 bits per heavy atom. The summed E-state index contributed by atoms with van der Waals surface area (Å²) in [6.07, 6.45) is 3.27. The molecule has 128 valence electrons. The van der Waals surface area contributed by atoms with E-state index in [0.29, 0.717) is 23.5 Å². The minimum Gasteiger partial charge on any atom is -0.307 e. The molecule has 3 amide bonds. The van der Waals surface area contributed by atoms with Crippen LogP contribution in [0.1, 0.15) is 56.4 Å². The van der Waals surface area contributed by atoms with Crippen LogP contribution < -0.4 is 5.32 Å². The Morgan fingerprint density at radius 2 is 1.88 bits per heavy atom. The van der Waals surface area contributed by atoms with Crippen molar-refractivity contribution in [3.63, 3.8) is 0 Å². The fourth-order valence-corrected chi connectivity index (χ4v) is 2.74. The number of hydrogen-bond donors (Lipinski definition) is 1. The lowest BCUT2D eigenvalue weighted by Crippen LogP contribution is -2.30. The van der Waals surface area contributed by atoms with Crippen LogP contribution in [-0.2, 0) is 0 Å². The number of aromatic nitrogens is 1. The first-order valence-electron chi connectivity index (χ1n) is 8.25. The van der Waals surface area contributed by atoms with Gasteiger partial charge in [0, 0.05) is 18.3 Å². The van der Waals surface area contributed by atoms with E-state index in [0.717, 1.165) is 18.4 Å². The van der Waals surface area contributed by atoms with E-state index in [2.05, 4.69) is 10.3 Å². The molecule has 25 heavy (non-hydrogen) atoms. The van der Waals surface area contributed by atoms with E-state index in [9.17, 15) is 14.4 Å². The molecule has 1 aromatic carbocycles. The quantitative estimate of drug-likeness (QED) is 0.851. The third-order valence-electron chi connectivity index (χ3n) is 4.13. The number of fused-ring (bicyclic) bond motifs is 1. The molecule has 0 unspecified atom stereocenters. The van der Waals surface area contributed by atoms with Gasteiger partial charge in [-0.25, -0.2) is 4.98 Å². The standard InChI is InChI=1S/C19H19N3O3/c1-3-4-9-22-18(24)14-6-5-13(11-15(14)19(22)25)17(23)21-16-10-12(2)7-8-20-16/h5-8,10-11H,3-4,9H2,1-2H3,(H,20,21,23). The van der Waals surface area contributed by atoms with Crippen LogP contribution in [-0.4, -0.2) is 34.2 Å². The van der Waals surface area contributed by atoms with Gasteiger partial charge in [0.25, 0.3) is 17.7 Å². The van der Waals surface area contributed by atoms with Crippen molar-refractivity contribution in [2.75, 3.05) is 11.9 Å². The molecular weight excluding hydrogens is 318 g/mol. The third-order valence-corrected chi connectivity index (χ3v) is 4.13.